The summed E-state index contributed by atoms with van der Waals surface area (Å²) in [5.41, 5.74) is 2.16. The Hall–Kier alpha value is -2.36. The first-order valence-electron chi connectivity index (χ1n) is 9.52. The summed E-state index contributed by atoms with van der Waals surface area (Å²) in [5, 5.41) is 15.2. The van der Waals surface area contributed by atoms with Gasteiger partial charge in [0.1, 0.15) is 0 Å². The molecular weight excluding hydrogens is 502 g/mol. The Morgan fingerprint density at radius 3 is 2.68 bits per heavy atom. The number of aromatic nitrogens is 3. The van der Waals surface area contributed by atoms with Gasteiger partial charge in [-0.25, -0.2) is 0 Å². The molecule has 31 heavy (non-hydrogen) atoms. The summed E-state index contributed by atoms with van der Waals surface area (Å²) in [4.78, 5) is 24.7. The molecule has 10 heteroatoms. The number of thioether (sulfide) groups is 1. The Kier molecular flexibility index (Phi) is 8.11. The molecule has 162 valence electrons. The van der Waals surface area contributed by atoms with E-state index in [-0.39, 0.29) is 24.1 Å². The van der Waals surface area contributed by atoms with Crippen LogP contribution in [0.1, 0.15) is 28.7 Å². The highest BCUT2D eigenvalue weighted by molar-refractivity contribution is 9.10. The molecule has 0 bridgehead atoms. The average molecular weight is 523 g/mol. The fourth-order valence-electron chi connectivity index (χ4n) is 2.86. The Bertz CT molecular complexity index is 1110. The fraction of sp³-hybridized carbons (Fsp3) is 0.238. The van der Waals surface area contributed by atoms with Gasteiger partial charge in [-0.15, -0.1) is 10.2 Å². The minimum Gasteiger partial charge on any atom is -0.345 e. The van der Waals surface area contributed by atoms with Crippen LogP contribution in [-0.4, -0.2) is 32.3 Å². The average Bonchev–Trinajstić information content (AvgIpc) is 3.15. The number of hydrogen-bond acceptors (Lipinski definition) is 5. The van der Waals surface area contributed by atoms with Crippen LogP contribution in [0.25, 0.3) is 0 Å². The topological polar surface area (TPSA) is 88.9 Å². The number of rotatable bonds is 8. The van der Waals surface area contributed by atoms with Crippen molar-refractivity contribution in [1.82, 2.24) is 20.1 Å². The third-order valence-corrected chi connectivity index (χ3v) is 6.64. The van der Waals surface area contributed by atoms with E-state index in [1.807, 2.05) is 36.6 Å². The van der Waals surface area contributed by atoms with Crippen LogP contribution >= 0.6 is 39.3 Å². The van der Waals surface area contributed by atoms with Gasteiger partial charge in [-0.05, 0) is 59.6 Å². The van der Waals surface area contributed by atoms with E-state index in [0.29, 0.717) is 33.8 Å². The highest BCUT2D eigenvalue weighted by Gasteiger charge is 2.15. The number of benzene rings is 2. The van der Waals surface area contributed by atoms with E-state index in [0.717, 1.165) is 10.0 Å². The standard InChI is InChI=1S/C21H21BrClN5O2S/c1-3-28-18(11-24-20(30)15-7-5-4-6-13(15)2)26-27-21(28)31-12-19(29)25-14-8-9-16(22)17(23)10-14/h4-10H,3,11-12H2,1-2H3,(H,24,30)(H,25,29). The molecule has 0 atom stereocenters. The number of amides is 2. The quantitative estimate of drug-likeness (QED) is 0.419. The van der Waals surface area contributed by atoms with Crippen molar-refractivity contribution in [2.75, 3.05) is 11.1 Å². The summed E-state index contributed by atoms with van der Waals surface area (Å²) in [6.07, 6.45) is 0. The first kappa shape index (κ1) is 23.3. The molecule has 0 saturated carbocycles. The number of aryl methyl sites for hydroxylation is 1. The fourth-order valence-corrected chi connectivity index (χ4v) is 4.11. The lowest BCUT2D eigenvalue weighted by molar-refractivity contribution is -0.113. The van der Waals surface area contributed by atoms with Crippen molar-refractivity contribution < 1.29 is 9.59 Å². The predicted molar refractivity (Wildman–Crippen MR) is 127 cm³/mol. The minimum atomic E-state index is -0.177. The lowest BCUT2D eigenvalue weighted by Gasteiger charge is -2.10. The number of halogens is 2. The van der Waals surface area contributed by atoms with Crippen LogP contribution in [0.2, 0.25) is 5.02 Å². The van der Waals surface area contributed by atoms with Crippen LogP contribution in [0.3, 0.4) is 0 Å². The van der Waals surface area contributed by atoms with Gasteiger partial charge in [-0.3, -0.25) is 9.59 Å². The number of carbonyl (C=O) groups is 2. The zero-order chi connectivity index (χ0) is 22.4. The molecule has 2 aromatic carbocycles. The zero-order valence-electron chi connectivity index (χ0n) is 17.0. The summed E-state index contributed by atoms with van der Waals surface area (Å²) < 4.78 is 2.65. The smallest absolute Gasteiger partial charge is 0.251 e. The van der Waals surface area contributed by atoms with Crippen molar-refractivity contribution in [2.45, 2.75) is 32.1 Å². The van der Waals surface area contributed by atoms with Gasteiger partial charge in [-0.2, -0.15) is 0 Å². The lowest BCUT2D eigenvalue weighted by atomic mass is 10.1. The number of carbonyl (C=O) groups excluding carboxylic acids is 2. The van der Waals surface area contributed by atoms with Crippen molar-refractivity contribution >= 4 is 56.8 Å². The number of hydrogen-bond donors (Lipinski definition) is 2. The Morgan fingerprint density at radius 2 is 1.97 bits per heavy atom. The second-order valence-corrected chi connectivity index (χ2v) is 8.81. The molecule has 0 radical (unpaired) electrons. The first-order chi connectivity index (χ1) is 14.9. The number of nitrogens with zero attached hydrogens (tertiary/aromatic N) is 3. The van der Waals surface area contributed by atoms with Gasteiger partial charge in [0.15, 0.2) is 11.0 Å². The van der Waals surface area contributed by atoms with E-state index < -0.39 is 0 Å². The van der Waals surface area contributed by atoms with Crippen LogP contribution in [0.4, 0.5) is 5.69 Å². The summed E-state index contributed by atoms with van der Waals surface area (Å²) in [6.45, 7) is 4.72. The molecule has 0 aliphatic rings. The Labute approximate surface area is 198 Å². The van der Waals surface area contributed by atoms with Crippen LogP contribution in [-0.2, 0) is 17.9 Å². The molecule has 2 amide bonds. The molecule has 2 N–H and O–H groups in total. The SMILES string of the molecule is CCn1c(CNC(=O)c2ccccc2C)nnc1SCC(=O)Nc1ccc(Br)c(Cl)c1. The summed E-state index contributed by atoms with van der Waals surface area (Å²) in [7, 11) is 0. The van der Waals surface area contributed by atoms with Gasteiger partial charge in [0.25, 0.3) is 5.91 Å². The predicted octanol–water partition coefficient (Wildman–Crippen LogP) is 4.68. The maximum atomic E-state index is 12.4. The molecule has 3 aromatic rings. The van der Waals surface area contributed by atoms with Gasteiger partial charge in [0.2, 0.25) is 5.91 Å². The summed E-state index contributed by atoms with van der Waals surface area (Å²) in [6, 6.07) is 12.6. The second kappa shape index (κ2) is 10.8. The van der Waals surface area contributed by atoms with Gasteiger partial charge >= 0.3 is 0 Å². The first-order valence-corrected chi connectivity index (χ1v) is 11.7. The normalized spacial score (nSPS) is 10.7. The van der Waals surface area contributed by atoms with E-state index in [9.17, 15) is 9.59 Å². The van der Waals surface area contributed by atoms with Gasteiger partial charge in [0.05, 0.1) is 17.3 Å². The van der Waals surface area contributed by atoms with Gasteiger partial charge in [-0.1, -0.05) is 41.6 Å². The zero-order valence-corrected chi connectivity index (χ0v) is 20.1. The lowest BCUT2D eigenvalue weighted by Crippen LogP contribution is -2.25. The van der Waals surface area contributed by atoms with Crippen molar-refractivity contribution in [3.05, 3.63) is 68.9 Å². The van der Waals surface area contributed by atoms with Gasteiger partial charge in [0, 0.05) is 22.3 Å². The van der Waals surface area contributed by atoms with Crippen LogP contribution in [0.5, 0.6) is 0 Å². The van der Waals surface area contributed by atoms with Crippen molar-refractivity contribution in [3.8, 4) is 0 Å². The van der Waals surface area contributed by atoms with Crippen LogP contribution in [0, 0.1) is 6.92 Å². The molecule has 1 aromatic heterocycles. The molecule has 0 unspecified atom stereocenters. The van der Waals surface area contributed by atoms with Crippen molar-refractivity contribution in [1.29, 1.82) is 0 Å². The van der Waals surface area contributed by atoms with E-state index >= 15 is 0 Å². The molecule has 7 nitrogen and oxygen atoms in total. The van der Waals surface area contributed by atoms with Crippen LogP contribution in [0.15, 0.2) is 52.1 Å². The number of nitrogens with one attached hydrogen (secondary N) is 2. The maximum Gasteiger partial charge on any atom is 0.251 e. The molecule has 0 fully saturated rings. The highest BCUT2D eigenvalue weighted by Crippen LogP contribution is 2.26. The van der Waals surface area contributed by atoms with E-state index in [4.69, 9.17) is 11.6 Å². The third kappa shape index (κ3) is 6.09. The summed E-state index contributed by atoms with van der Waals surface area (Å²) in [5.74, 6) is 0.461. The highest BCUT2D eigenvalue weighted by atomic mass is 79.9. The molecule has 3 rings (SSSR count). The maximum absolute atomic E-state index is 12.4. The van der Waals surface area contributed by atoms with Crippen molar-refractivity contribution in [2.24, 2.45) is 0 Å². The van der Waals surface area contributed by atoms with E-state index in [2.05, 4.69) is 36.8 Å². The monoisotopic (exact) mass is 521 g/mol. The molecule has 0 aliphatic carbocycles. The van der Waals surface area contributed by atoms with E-state index in [1.54, 1.807) is 24.3 Å². The Morgan fingerprint density at radius 1 is 1.19 bits per heavy atom. The molecule has 0 spiro atoms. The van der Waals surface area contributed by atoms with Gasteiger partial charge < -0.3 is 15.2 Å². The minimum absolute atomic E-state index is 0.162. The second-order valence-electron chi connectivity index (χ2n) is 6.61. The van der Waals surface area contributed by atoms with Crippen molar-refractivity contribution in [3.63, 3.8) is 0 Å². The molecular formula is C21H21BrClN5O2S. The number of anilines is 1. The third-order valence-electron chi connectivity index (χ3n) is 4.44. The largest absolute Gasteiger partial charge is 0.345 e. The molecule has 1 heterocycles. The van der Waals surface area contributed by atoms with E-state index in [1.165, 1.54) is 11.8 Å². The molecule has 0 aliphatic heterocycles. The molecule has 0 saturated heterocycles. The van der Waals surface area contributed by atoms with Crippen LogP contribution < -0.4 is 10.6 Å². The summed E-state index contributed by atoms with van der Waals surface area (Å²) >= 11 is 10.7. The Balaban J connectivity index is 1.58.